The molecule has 10 heteroatoms. The summed E-state index contributed by atoms with van der Waals surface area (Å²) in [5.41, 5.74) is 0. The number of rotatable bonds is 67. The number of hydrogen-bond donors (Lipinski definition) is 1. The minimum atomic E-state index is -4.41. The second-order valence-corrected chi connectivity index (χ2v) is 27.0. The largest absolute Gasteiger partial charge is 0.472 e. The van der Waals surface area contributed by atoms with Crippen molar-refractivity contribution in [3.63, 3.8) is 0 Å². The molecule has 0 saturated heterocycles. The molecule has 0 fully saturated rings. The van der Waals surface area contributed by atoms with Crippen molar-refractivity contribution in [1.29, 1.82) is 0 Å². The van der Waals surface area contributed by atoms with Crippen LogP contribution in [0.15, 0.2) is 182 Å². The van der Waals surface area contributed by atoms with Gasteiger partial charge in [-0.1, -0.05) is 318 Å². The third-order valence-corrected chi connectivity index (χ3v) is 16.4. The van der Waals surface area contributed by atoms with Gasteiger partial charge in [-0.05, 0) is 135 Å². The summed E-state index contributed by atoms with van der Waals surface area (Å²) < 4.78 is 34.7. The van der Waals surface area contributed by atoms with Crippen LogP contribution in [0.4, 0.5) is 0 Å². The molecule has 0 aliphatic heterocycles. The Bertz CT molecular complexity index is 2240. The molecule has 0 spiro atoms. The number of carbonyl (C=O) groups excluding carboxylic acids is 2. The van der Waals surface area contributed by atoms with Gasteiger partial charge in [-0.15, -0.1) is 0 Å². The van der Waals surface area contributed by atoms with Crippen LogP contribution in [-0.4, -0.2) is 74.9 Å². The molecule has 0 saturated carbocycles. The van der Waals surface area contributed by atoms with E-state index in [0.29, 0.717) is 17.4 Å². The van der Waals surface area contributed by atoms with Gasteiger partial charge in [0.05, 0.1) is 27.7 Å². The van der Waals surface area contributed by atoms with Crippen molar-refractivity contribution in [2.45, 2.75) is 290 Å². The van der Waals surface area contributed by atoms with E-state index in [-0.39, 0.29) is 32.0 Å². The van der Waals surface area contributed by atoms with Crippen LogP contribution in [-0.2, 0) is 32.7 Å². The summed E-state index contributed by atoms with van der Waals surface area (Å²) >= 11 is 0. The molecule has 0 radical (unpaired) electrons. The van der Waals surface area contributed by atoms with Crippen LogP contribution >= 0.6 is 7.82 Å². The average molecular weight is 1320 g/mol. The summed E-state index contributed by atoms with van der Waals surface area (Å²) in [7, 11) is 1.45. The third kappa shape index (κ3) is 76.1. The fourth-order valence-electron chi connectivity index (χ4n) is 9.78. The molecule has 1 N–H and O–H groups in total. The van der Waals surface area contributed by atoms with Crippen LogP contribution in [0.25, 0.3) is 0 Å². The fraction of sp³-hybridized carbons (Fsp3) is 0.619. The lowest BCUT2D eigenvalue weighted by Crippen LogP contribution is -2.37. The molecule has 0 aromatic heterocycles. The van der Waals surface area contributed by atoms with Crippen molar-refractivity contribution in [2.24, 2.45) is 0 Å². The highest BCUT2D eigenvalue weighted by atomic mass is 31.2. The maximum atomic E-state index is 12.9. The number of ether oxygens (including phenoxy) is 2. The molecule has 0 aromatic carbocycles. The third-order valence-electron chi connectivity index (χ3n) is 15.4. The van der Waals surface area contributed by atoms with E-state index >= 15 is 0 Å². The number of allylic oxidation sites excluding steroid dienone is 30. The lowest BCUT2D eigenvalue weighted by Gasteiger charge is -2.24. The van der Waals surface area contributed by atoms with E-state index in [1.165, 1.54) is 103 Å². The van der Waals surface area contributed by atoms with E-state index in [9.17, 15) is 19.0 Å². The lowest BCUT2D eigenvalue weighted by atomic mass is 10.0. The Labute approximate surface area is 578 Å². The standard InChI is InChI=1S/C84H138NO8P/c1-6-8-10-12-14-16-18-20-22-24-26-28-30-32-34-36-38-40-41-42-43-45-46-48-50-52-54-56-58-60-62-64-66-68-70-72-74-76-83(86)90-80-82(81-92-94(88,89)91-79-78-85(3,4)5)93-84(87)77-75-73-71-69-67-65-63-61-59-57-55-53-51-49-47-44-39-37-35-33-31-29-27-25-23-21-19-17-15-13-11-9-7-2/h8-11,14-17,20-23,26-29,32-35,38-40,44,49,51,55,57,61,63,82H,6-7,12-13,18-19,24-25,30-31,36-37,41-43,45-48,50,52-54,56,58-60,62,64-81H2,1-5H3/p+1/b10-8-,11-9-,16-14-,17-15-,22-20-,23-21-,28-26-,29-27-,34-32-,35-33-,40-38-,44-39-,51-49-,57-55-,63-61-. The smallest absolute Gasteiger partial charge is 0.462 e. The molecule has 0 aliphatic carbocycles. The SMILES string of the molecule is CC/C=C\C/C=C\C/C=C\C/C=C\C/C=C\C/C=C\C/C=C\C/C=C\C/C=C\CCCCCCCC(=O)OC(COC(=O)CCCCCCCCCCCCCCCCCCCC/C=C\C/C=C\C/C=C\C/C=C\C/C=C\C/C=C\CC)COP(=O)(O)OCC[N+](C)(C)C. The van der Waals surface area contributed by atoms with Gasteiger partial charge in [0, 0.05) is 12.8 Å². The summed E-state index contributed by atoms with van der Waals surface area (Å²) in [6, 6.07) is 0. The Morgan fingerprint density at radius 3 is 0.851 bits per heavy atom. The molecule has 0 amide bonds. The second kappa shape index (κ2) is 72.4. The van der Waals surface area contributed by atoms with Gasteiger partial charge in [0.25, 0.3) is 0 Å². The van der Waals surface area contributed by atoms with Gasteiger partial charge < -0.3 is 18.9 Å². The molecule has 2 atom stereocenters. The molecule has 0 bridgehead atoms. The Morgan fingerprint density at radius 2 is 0.574 bits per heavy atom. The summed E-state index contributed by atoms with van der Waals surface area (Å²) in [5.74, 6) is -0.824. The molecule has 0 aromatic rings. The van der Waals surface area contributed by atoms with Crippen molar-refractivity contribution in [1.82, 2.24) is 0 Å². The predicted octanol–water partition coefficient (Wildman–Crippen LogP) is 25.0. The van der Waals surface area contributed by atoms with Crippen LogP contribution in [0.1, 0.15) is 284 Å². The summed E-state index contributed by atoms with van der Waals surface area (Å²) in [4.78, 5) is 35.9. The summed E-state index contributed by atoms with van der Waals surface area (Å²) in [6.45, 7) is 4.18. The molecule has 532 valence electrons. The lowest BCUT2D eigenvalue weighted by molar-refractivity contribution is -0.870. The molecule has 0 heterocycles. The highest BCUT2D eigenvalue weighted by molar-refractivity contribution is 7.47. The van der Waals surface area contributed by atoms with Gasteiger partial charge in [0.15, 0.2) is 6.10 Å². The number of likely N-dealkylation sites (N-methyl/N-ethyl adjacent to an activating group) is 1. The van der Waals surface area contributed by atoms with Gasteiger partial charge in [-0.3, -0.25) is 18.6 Å². The van der Waals surface area contributed by atoms with Gasteiger partial charge in [0.2, 0.25) is 0 Å². The minimum Gasteiger partial charge on any atom is -0.462 e. The number of nitrogens with zero attached hydrogens (tertiary/aromatic N) is 1. The first-order valence-corrected chi connectivity index (χ1v) is 39.0. The Balaban J connectivity index is 4.09. The van der Waals surface area contributed by atoms with Crippen LogP contribution in [0, 0.1) is 0 Å². The number of phosphoric ester groups is 1. The normalized spacial score (nSPS) is 14.1. The molecule has 9 nitrogen and oxygen atoms in total. The highest BCUT2D eigenvalue weighted by Gasteiger charge is 2.27. The van der Waals surface area contributed by atoms with E-state index in [0.717, 1.165) is 148 Å². The molecular weight excluding hydrogens is 1180 g/mol. The van der Waals surface area contributed by atoms with Crippen molar-refractivity contribution >= 4 is 19.8 Å². The molecular formula is C84H139NO8P+. The highest BCUT2D eigenvalue weighted by Crippen LogP contribution is 2.43. The molecule has 94 heavy (non-hydrogen) atoms. The Hall–Kier alpha value is -4.89. The van der Waals surface area contributed by atoms with Crippen LogP contribution in [0.3, 0.4) is 0 Å². The zero-order valence-electron chi connectivity index (χ0n) is 60.6. The first-order valence-electron chi connectivity index (χ1n) is 37.5. The zero-order valence-corrected chi connectivity index (χ0v) is 61.5. The first-order chi connectivity index (χ1) is 46.0. The van der Waals surface area contributed by atoms with E-state index in [4.69, 9.17) is 18.5 Å². The quantitative estimate of drug-likeness (QED) is 0.0211. The van der Waals surface area contributed by atoms with Gasteiger partial charge in [0.1, 0.15) is 19.8 Å². The minimum absolute atomic E-state index is 0.0193. The first kappa shape index (κ1) is 89.1. The molecule has 0 rings (SSSR count). The average Bonchev–Trinajstić information content (AvgIpc) is 1.56. The number of esters is 2. The number of carbonyl (C=O) groups is 2. The maximum absolute atomic E-state index is 12.9. The van der Waals surface area contributed by atoms with Crippen LogP contribution < -0.4 is 0 Å². The van der Waals surface area contributed by atoms with Crippen LogP contribution in [0.5, 0.6) is 0 Å². The van der Waals surface area contributed by atoms with E-state index in [1.54, 1.807) is 0 Å². The van der Waals surface area contributed by atoms with Gasteiger partial charge in [-0.25, -0.2) is 4.57 Å². The van der Waals surface area contributed by atoms with Crippen molar-refractivity contribution in [3.05, 3.63) is 182 Å². The predicted molar refractivity (Wildman–Crippen MR) is 408 cm³/mol. The number of quaternary nitrogens is 1. The summed E-state index contributed by atoms with van der Waals surface area (Å²) in [6.07, 6.45) is 111. The Kier molecular flexibility index (Phi) is 68.6. The number of phosphoric acid groups is 1. The molecule has 0 aliphatic rings. The van der Waals surface area contributed by atoms with Crippen molar-refractivity contribution in [3.8, 4) is 0 Å². The Morgan fingerprint density at radius 1 is 0.330 bits per heavy atom. The fourth-order valence-corrected chi connectivity index (χ4v) is 10.5. The number of hydrogen-bond acceptors (Lipinski definition) is 7. The second-order valence-electron chi connectivity index (χ2n) is 25.6. The zero-order chi connectivity index (χ0) is 68.3. The topological polar surface area (TPSA) is 108 Å². The maximum Gasteiger partial charge on any atom is 0.472 e. The van der Waals surface area contributed by atoms with E-state index < -0.39 is 26.5 Å². The van der Waals surface area contributed by atoms with E-state index in [2.05, 4.69) is 196 Å². The monoisotopic (exact) mass is 1320 g/mol. The number of unbranched alkanes of at least 4 members (excludes halogenated alkanes) is 23. The van der Waals surface area contributed by atoms with Gasteiger partial charge >= 0.3 is 19.8 Å². The van der Waals surface area contributed by atoms with E-state index in [1.807, 2.05) is 21.1 Å². The van der Waals surface area contributed by atoms with Gasteiger partial charge in [-0.2, -0.15) is 0 Å². The molecule has 2 unspecified atom stereocenters. The van der Waals surface area contributed by atoms with Crippen LogP contribution in [0.2, 0.25) is 0 Å². The van der Waals surface area contributed by atoms with Crippen molar-refractivity contribution in [2.75, 3.05) is 47.5 Å². The summed E-state index contributed by atoms with van der Waals surface area (Å²) in [5, 5.41) is 0. The van der Waals surface area contributed by atoms with Crippen molar-refractivity contribution < 1.29 is 42.1 Å².